The number of hydrogen-bond acceptors (Lipinski definition) is 5. The second-order valence-corrected chi connectivity index (χ2v) is 20.0. The second kappa shape index (κ2) is 23.9. The van der Waals surface area contributed by atoms with Gasteiger partial charge in [-0.15, -0.1) is 22.7 Å². The monoisotopic (exact) mass is 1020 g/mol. The first kappa shape index (κ1) is 50.5. The lowest BCUT2D eigenvalue weighted by Gasteiger charge is -2.31. The molecule has 12 rings (SSSR count). The molecule has 0 radical (unpaired) electrons. The van der Waals surface area contributed by atoms with Crippen LogP contribution in [0.4, 0.5) is 51.2 Å². The Hall–Kier alpha value is -9.00. The Morgan fingerprint density at radius 1 is 0.342 bits per heavy atom. The van der Waals surface area contributed by atoms with Crippen LogP contribution in [0.15, 0.2) is 298 Å². The highest BCUT2D eigenvalue weighted by molar-refractivity contribution is 7.26. The van der Waals surface area contributed by atoms with E-state index in [1.54, 1.807) is 12.2 Å². The standard InChI is InChI=1S/C60H41N3S2.C9H12.C2H6/c1-4-16-42(17-5-1)43-30-32-46(33-31-43)61(44-18-6-2-7-19-44)47-22-14-24-49(38-47)63(52-35-37-60-56(41-52)54-27-11-13-29-58(54)65-60)50-25-15-23-48(39-50)62(45-20-8-3-9-21-45)51-34-36-59-55(40-51)53-26-10-12-28-57(53)64-59;1-4-7-9(6-3)8-5-2;1-2/h1-41H;4-8H,1,3H2,2H3;1-2H3/b;8-5-,9-7-;. The maximum atomic E-state index is 3.63. The maximum Gasteiger partial charge on any atom is 0.0482 e. The van der Waals surface area contributed by atoms with Gasteiger partial charge in [0.05, 0.1) is 0 Å². The third kappa shape index (κ3) is 10.8. The molecule has 0 fully saturated rings. The van der Waals surface area contributed by atoms with Gasteiger partial charge in [0.25, 0.3) is 0 Å². The molecule has 76 heavy (non-hydrogen) atoms. The lowest BCUT2D eigenvalue weighted by molar-refractivity contribution is 1.24. The van der Waals surface area contributed by atoms with Crippen molar-refractivity contribution in [3.63, 3.8) is 0 Å². The van der Waals surface area contributed by atoms with Crippen molar-refractivity contribution in [2.75, 3.05) is 14.7 Å². The molecule has 0 bridgehead atoms. The van der Waals surface area contributed by atoms with Crippen LogP contribution in [0.1, 0.15) is 20.8 Å². The summed E-state index contributed by atoms with van der Waals surface area (Å²) in [5.41, 5.74) is 13.2. The first-order valence-corrected chi connectivity index (χ1v) is 27.5. The zero-order valence-corrected chi connectivity index (χ0v) is 44.8. The second-order valence-electron chi connectivity index (χ2n) is 17.8. The number of hydrogen-bond donors (Lipinski definition) is 0. The van der Waals surface area contributed by atoms with Crippen LogP contribution in [0, 0.1) is 0 Å². The van der Waals surface area contributed by atoms with E-state index >= 15 is 0 Å². The van der Waals surface area contributed by atoms with E-state index in [1.807, 2.05) is 61.7 Å². The Morgan fingerprint density at radius 3 is 1.13 bits per heavy atom. The van der Waals surface area contributed by atoms with Crippen LogP contribution in [0.5, 0.6) is 0 Å². The molecule has 0 N–H and O–H groups in total. The number of para-hydroxylation sites is 2. The van der Waals surface area contributed by atoms with E-state index < -0.39 is 0 Å². The van der Waals surface area contributed by atoms with Crippen LogP contribution in [0.3, 0.4) is 0 Å². The van der Waals surface area contributed by atoms with E-state index in [0.29, 0.717) is 0 Å². The topological polar surface area (TPSA) is 9.72 Å². The van der Waals surface area contributed by atoms with Crippen molar-refractivity contribution in [3.8, 4) is 11.1 Å². The van der Waals surface area contributed by atoms with Gasteiger partial charge in [-0.25, -0.2) is 0 Å². The normalized spacial score (nSPS) is 11.2. The van der Waals surface area contributed by atoms with E-state index in [0.717, 1.165) is 56.8 Å². The molecular weight excluding hydrogens is 959 g/mol. The van der Waals surface area contributed by atoms with E-state index in [9.17, 15) is 0 Å². The lowest BCUT2D eigenvalue weighted by atomic mass is 10.0. The van der Waals surface area contributed by atoms with Crippen LogP contribution in [-0.2, 0) is 0 Å². The lowest BCUT2D eigenvalue weighted by Crippen LogP contribution is -2.14. The average molecular weight is 1020 g/mol. The van der Waals surface area contributed by atoms with Crippen molar-refractivity contribution in [2.24, 2.45) is 0 Å². The Balaban J connectivity index is 0.000000544. The van der Waals surface area contributed by atoms with E-state index in [-0.39, 0.29) is 0 Å². The minimum absolute atomic E-state index is 1.05. The van der Waals surface area contributed by atoms with Gasteiger partial charge in [-0.2, -0.15) is 0 Å². The summed E-state index contributed by atoms with van der Waals surface area (Å²) in [5.74, 6) is 0. The third-order valence-electron chi connectivity index (χ3n) is 13.1. The van der Waals surface area contributed by atoms with Gasteiger partial charge in [0.2, 0.25) is 0 Å². The molecule has 0 aliphatic carbocycles. The summed E-state index contributed by atoms with van der Waals surface area (Å²) in [6.45, 7) is 13.2. The molecule has 2 heterocycles. The molecule has 0 saturated heterocycles. The zero-order valence-electron chi connectivity index (χ0n) is 43.1. The van der Waals surface area contributed by atoms with Gasteiger partial charge in [-0.05, 0) is 145 Å². The number of thiophene rings is 2. The highest BCUT2D eigenvalue weighted by Crippen LogP contribution is 2.46. The number of anilines is 9. The fraction of sp³-hybridized carbons (Fsp3) is 0.0423. The van der Waals surface area contributed by atoms with Gasteiger partial charge in [0, 0.05) is 91.5 Å². The molecule has 5 heteroatoms. The molecule has 0 amide bonds. The van der Waals surface area contributed by atoms with E-state index in [1.165, 1.54) is 51.5 Å². The Kier molecular flexibility index (Phi) is 15.9. The van der Waals surface area contributed by atoms with Crippen molar-refractivity contribution in [1.82, 2.24) is 0 Å². The van der Waals surface area contributed by atoms with Crippen molar-refractivity contribution >= 4 is 114 Å². The molecule has 0 aliphatic rings. The van der Waals surface area contributed by atoms with Crippen molar-refractivity contribution in [1.29, 1.82) is 0 Å². The smallest absolute Gasteiger partial charge is 0.0482 e. The molecule has 2 aromatic heterocycles. The Morgan fingerprint density at radius 2 is 0.684 bits per heavy atom. The van der Waals surface area contributed by atoms with Crippen LogP contribution in [0.25, 0.3) is 51.5 Å². The van der Waals surface area contributed by atoms with E-state index in [4.69, 9.17) is 0 Å². The van der Waals surface area contributed by atoms with Crippen molar-refractivity contribution < 1.29 is 0 Å². The van der Waals surface area contributed by atoms with Gasteiger partial charge < -0.3 is 14.7 Å². The van der Waals surface area contributed by atoms with Crippen molar-refractivity contribution in [2.45, 2.75) is 20.8 Å². The fourth-order valence-electron chi connectivity index (χ4n) is 9.70. The molecule has 3 nitrogen and oxygen atoms in total. The van der Waals surface area contributed by atoms with Gasteiger partial charge >= 0.3 is 0 Å². The summed E-state index contributed by atoms with van der Waals surface area (Å²) in [6, 6.07) is 90.1. The van der Waals surface area contributed by atoms with Crippen LogP contribution in [-0.4, -0.2) is 0 Å². The maximum absolute atomic E-state index is 3.63. The minimum Gasteiger partial charge on any atom is -0.310 e. The first-order valence-electron chi connectivity index (χ1n) is 25.8. The van der Waals surface area contributed by atoms with Crippen molar-refractivity contribution in [3.05, 3.63) is 298 Å². The molecule has 0 spiro atoms. The molecule has 12 aromatic rings. The summed E-state index contributed by atoms with van der Waals surface area (Å²) in [5, 5.41) is 5.09. The van der Waals surface area contributed by atoms with Gasteiger partial charge in [0.1, 0.15) is 0 Å². The molecule has 0 unspecified atom stereocenters. The summed E-state index contributed by atoms with van der Waals surface area (Å²) in [7, 11) is 0. The number of benzene rings is 10. The SMILES string of the molecule is C=C/C=C(C=C)\C=C/C.CC.c1ccc(-c2ccc(N(c3ccccc3)c3cccc(N(c4cccc(N(c5ccccc5)c5ccc6sc7ccccc7c6c5)c4)c4ccc5sc6ccccc6c5c4)c3)cc2)cc1. The highest BCUT2D eigenvalue weighted by Gasteiger charge is 2.21. The summed E-state index contributed by atoms with van der Waals surface area (Å²) >= 11 is 3.70. The number of nitrogens with zero attached hydrogens (tertiary/aromatic N) is 3. The van der Waals surface area contributed by atoms with Crippen LogP contribution >= 0.6 is 22.7 Å². The predicted octanol–water partition coefficient (Wildman–Crippen LogP) is 22.4. The molecule has 0 saturated carbocycles. The number of allylic oxidation sites excluding steroid dienone is 6. The largest absolute Gasteiger partial charge is 0.310 e. The quantitative estimate of drug-likeness (QED) is 0.107. The molecule has 10 aromatic carbocycles. The minimum atomic E-state index is 1.05. The van der Waals surface area contributed by atoms with Gasteiger partial charge in [-0.1, -0.05) is 185 Å². The van der Waals surface area contributed by atoms with Crippen LogP contribution in [0.2, 0.25) is 0 Å². The molecular formula is C71H59N3S2. The molecule has 0 aliphatic heterocycles. The number of rotatable bonds is 13. The number of fused-ring (bicyclic) bond motifs is 6. The molecule has 370 valence electrons. The first-order chi connectivity index (χ1) is 37.6. The zero-order chi connectivity index (χ0) is 52.2. The Bertz CT molecular complexity index is 3960. The highest BCUT2D eigenvalue weighted by atomic mass is 32.1. The molecule has 0 atom stereocenters. The van der Waals surface area contributed by atoms with Gasteiger partial charge in [-0.3, -0.25) is 0 Å². The van der Waals surface area contributed by atoms with E-state index in [2.05, 4.69) is 277 Å². The summed E-state index contributed by atoms with van der Waals surface area (Å²) < 4.78 is 5.16. The van der Waals surface area contributed by atoms with Crippen LogP contribution < -0.4 is 14.7 Å². The third-order valence-corrected chi connectivity index (χ3v) is 15.4. The Labute approximate surface area is 455 Å². The fourth-order valence-corrected chi connectivity index (χ4v) is 11.9. The van der Waals surface area contributed by atoms with Gasteiger partial charge in [0.15, 0.2) is 0 Å². The predicted molar refractivity (Wildman–Crippen MR) is 336 cm³/mol. The summed E-state index contributed by atoms with van der Waals surface area (Å²) in [4.78, 5) is 7.15. The average Bonchev–Trinajstić information content (AvgIpc) is 4.05. The summed E-state index contributed by atoms with van der Waals surface area (Å²) in [6.07, 6.45) is 9.40.